The molecule has 35 heavy (non-hydrogen) atoms. The van der Waals surface area contributed by atoms with Gasteiger partial charge in [0.1, 0.15) is 5.75 Å². The summed E-state index contributed by atoms with van der Waals surface area (Å²) in [6, 6.07) is 17.8. The van der Waals surface area contributed by atoms with E-state index in [0.717, 1.165) is 0 Å². The molecule has 0 aliphatic rings. The van der Waals surface area contributed by atoms with Crippen LogP contribution in [-0.2, 0) is 9.59 Å². The van der Waals surface area contributed by atoms with Crippen LogP contribution in [0, 0.1) is 0 Å². The van der Waals surface area contributed by atoms with Gasteiger partial charge in [-0.2, -0.15) is 5.10 Å². The molecule has 4 N–H and O–H groups in total. The number of anilines is 2. The Labute approximate surface area is 201 Å². The van der Waals surface area contributed by atoms with Gasteiger partial charge in [-0.15, -0.1) is 0 Å². The van der Waals surface area contributed by atoms with Gasteiger partial charge in [0.2, 0.25) is 0 Å². The third kappa shape index (κ3) is 6.57. The van der Waals surface area contributed by atoms with Crippen LogP contribution in [0.3, 0.4) is 0 Å². The summed E-state index contributed by atoms with van der Waals surface area (Å²) in [5.41, 5.74) is 3.19. The normalized spacial score (nSPS) is 10.5. The maximum Gasteiger partial charge on any atom is 0.329 e. The van der Waals surface area contributed by atoms with Gasteiger partial charge in [0, 0.05) is 11.3 Å². The summed E-state index contributed by atoms with van der Waals surface area (Å²) in [6.45, 7) is 2.40. The van der Waals surface area contributed by atoms with Crippen LogP contribution >= 0.6 is 0 Å². The van der Waals surface area contributed by atoms with E-state index in [9.17, 15) is 19.5 Å². The Morgan fingerprint density at radius 3 is 2.40 bits per heavy atom. The van der Waals surface area contributed by atoms with Crippen molar-refractivity contribution in [3.63, 3.8) is 0 Å². The van der Waals surface area contributed by atoms with Gasteiger partial charge in [-0.25, -0.2) is 5.43 Å². The van der Waals surface area contributed by atoms with Crippen LogP contribution in [0.5, 0.6) is 17.2 Å². The van der Waals surface area contributed by atoms with E-state index >= 15 is 0 Å². The van der Waals surface area contributed by atoms with E-state index < -0.39 is 17.7 Å². The molecule has 0 fully saturated rings. The lowest BCUT2D eigenvalue weighted by molar-refractivity contribution is -0.136. The number of hydrogen-bond acceptors (Lipinski definition) is 7. The Morgan fingerprint density at radius 1 is 0.943 bits per heavy atom. The van der Waals surface area contributed by atoms with Gasteiger partial charge in [-0.1, -0.05) is 18.2 Å². The number of nitrogens with one attached hydrogen (secondary N) is 3. The lowest BCUT2D eigenvalue weighted by Crippen LogP contribution is -2.33. The van der Waals surface area contributed by atoms with Crippen molar-refractivity contribution < 1.29 is 29.0 Å². The SMILES string of the molecule is CCOc1ccc(NC(=O)c2ccccc2NC(=O)C(=O)NN=Cc2cccc(OC)c2O)cc1. The molecule has 3 aromatic carbocycles. The fraction of sp³-hybridized carbons (Fsp3) is 0.120. The highest BCUT2D eigenvalue weighted by atomic mass is 16.5. The number of carbonyl (C=O) groups is 3. The summed E-state index contributed by atoms with van der Waals surface area (Å²) in [7, 11) is 1.40. The Kier molecular flexibility index (Phi) is 8.38. The summed E-state index contributed by atoms with van der Waals surface area (Å²) in [6.07, 6.45) is 1.17. The molecular formula is C25H24N4O6. The van der Waals surface area contributed by atoms with Crippen LogP contribution in [0.15, 0.2) is 71.8 Å². The minimum atomic E-state index is -1.06. The fourth-order valence-electron chi connectivity index (χ4n) is 2.99. The van der Waals surface area contributed by atoms with Crippen molar-refractivity contribution in [1.29, 1.82) is 0 Å². The largest absolute Gasteiger partial charge is 0.504 e. The molecule has 3 rings (SSSR count). The third-order valence-corrected chi connectivity index (χ3v) is 4.67. The smallest absolute Gasteiger partial charge is 0.329 e. The average Bonchev–Trinajstić information content (AvgIpc) is 2.86. The standard InChI is InChI=1S/C25H24N4O6/c1-3-35-18-13-11-17(12-14-18)27-23(31)19-8-4-5-9-20(19)28-24(32)25(33)29-26-15-16-7-6-10-21(34-2)22(16)30/h4-15,30H,3H2,1-2H3,(H,27,31)(H,28,32)(H,29,33). The number of para-hydroxylation sites is 2. The summed E-state index contributed by atoms with van der Waals surface area (Å²) >= 11 is 0. The molecule has 180 valence electrons. The quantitative estimate of drug-likeness (QED) is 0.224. The highest BCUT2D eigenvalue weighted by Gasteiger charge is 2.18. The van der Waals surface area contributed by atoms with Crippen LogP contribution in [0.25, 0.3) is 0 Å². The third-order valence-electron chi connectivity index (χ3n) is 4.67. The first-order valence-electron chi connectivity index (χ1n) is 10.6. The Balaban J connectivity index is 1.63. The van der Waals surface area contributed by atoms with Crippen molar-refractivity contribution in [3.8, 4) is 17.2 Å². The first kappa shape index (κ1) is 24.8. The van der Waals surface area contributed by atoms with E-state index in [1.54, 1.807) is 54.6 Å². The zero-order chi connectivity index (χ0) is 25.2. The molecule has 0 atom stereocenters. The number of rotatable bonds is 8. The molecule has 0 saturated heterocycles. The van der Waals surface area contributed by atoms with Crippen LogP contribution in [-0.4, -0.2) is 42.8 Å². The molecule has 0 bridgehead atoms. The molecule has 0 saturated carbocycles. The molecular weight excluding hydrogens is 452 g/mol. The lowest BCUT2D eigenvalue weighted by atomic mass is 10.1. The van der Waals surface area contributed by atoms with Gasteiger partial charge >= 0.3 is 11.8 Å². The predicted octanol–water partition coefficient (Wildman–Crippen LogP) is 3.14. The van der Waals surface area contributed by atoms with E-state index in [1.807, 2.05) is 6.92 Å². The Hall–Kier alpha value is -4.86. The van der Waals surface area contributed by atoms with Gasteiger partial charge in [-0.05, 0) is 55.5 Å². The molecule has 10 nitrogen and oxygen atoms in total. The monoisotopic (exact) mass is 476 g/mol. The van der Waals surface area contributed by atoms with Gasteiger partial charge in [0.05, 0.1) is 31.2 Å². The van der Waals surface area contributed by atoms with Gasteiger partial charge < -0.3 is 25.2 Å². The number of carbonyl (C=O) groups excluding carboxylic acids is 3. The highest BCUT2D eigenvalue weighted by Crippen LogP contribution is 2.28. The first-order valence-corrected chi connectivity index (χ1v) is 10.6. The van der Waals surface area contributed by atoms with Gasteiger partial charge in [0.25, 0.3) is 5.91 Å². The first-order chi connectivity index (χ1) is 16.9. The zero-order valence-corrected chi connectivity index (χ0v) is 19.1. The molecule has 0 unspecified atom stereocenters. The van der Waals surface area contributed by atoms with E-state index in [4.69, 9.17) is 9.47 Å². The van der Waals surface area contributed by atoms with Crippen molar-refractivity contribution in [2.24, 2.45) is 5.10 Å². The summed E-state index contributed by atoms with van der Waals surface area (Å²) in [5, 5.41) is 18.9. The number of phenols is 1. The second kappa shape index (κ2) is 11.8. The van der Waals surface area contributed by atoms with Gasteiger partial charge in [-0.3, -0.25) is 14.4 Å². The molecule has 10 heteroatoms. The number of methoxy groups -OCH3 is 1. The van der Waals surface area contributed by atoms with Crippen molar-refractivity contribution in [2.45, 2.75) is 6.92 Å². The Morgan fingerprint density at radius 2 is 1.69 bits per heavy atom. The van der Waals surface area contributed by atoms with Crippen LogP contribution in [0.4, 0.5) is 11.4 Å². The number of amides is 3. The highest BCUT2D eigenvalue weighted by molar-refractivity contribution is 6.40. The number of nitrogens with zero attached hydrogens (tertiary/aromatic N) is 1. The molecule has 3 amide bonds. The predicted molar refractivity (Wildman–Crippen MR) is 131 cm³/mol. The topological polar surface area (TPSA) is 138 Å². The second-order valence-corrected chi connectivity index (χ2v) is 7.01. The van der Waals surface area contributed by atoms with E-state index in [-0.39, 0.29) is 28.3 Å². The summed E-state index contributed by atoms with van der Waals surface area (Å²) in [5.74, 6) is -1.82. The lowest BCUT2D eigenvalue weighted by Gasteiger charge is -2.11. The fourth-order valence-corrected chi connectivity index (χ4v) is 2.99. The maximum absolute atomic E-state index is 12.8. The Bertz CT molecular complexity index is 1240. The zero-order valence-electron chi connectivity index (χ0n) is 19.1. The number of ether oxygens (including phenoxy) is 2. The number of hydrogen-bond donors (Lipinski definition) is 4. The molecule has 0 aromatic heterocycles. The van der Waals surface area contributed by atoms with Crippen molar-refractivity contribution >= 4 is 35.3 Å². The molecule has 0 heterocycles. The maximum atomic E-state index is 12.8. The van der Waals surface area contributed by atoms with E-state index in [0.29, 0.717) is 18.0 Å². The van der Waals surface area contributed by atoms with Crippen molar-refractivity contribution in [1.82, 2.24) is 5.43 Å². The van der Waals surface area contributed by atoms with Crippen LogP contribution in [0.1, 0.15) is 22.8 Å². The van der Waals surface area contributed by atoms with E-state index in [2.05, 4.69) is 21.2 Å². The minimum absolute atomic E-state index is 0.144. The molecule has 0 spiro atoms. The average molecular weight is 476 g/mol. The summed E-state index contributed by atoms with van der Waals surface area (Å²) in [4.78, 5) is 37.3. The molecule has 0 aliphatic carbocycles. The number of benzene rings is 3. The molecule has 0 radical (unpaired) electrons. The number of hydrazone groups is 1. The van der Waals surface area contributed by atoms with Crippen molar-refractivity contribution in [2.75, 3.05) is 24.4 Å². The molecule has 3 aromatic rings. The van der Waals surface area contributed by atoms with Gasteiger partial charge in [0.15, 0.2) is 11.5 Å². The molecule has 0 aliphatic heterocycles. The number of phenolic OH excluding ortho intramolecular Hbond substituents is 1. The van der Waals surface area contributed by atoms with E-state index in [1.165, 1.54) is 25.5 Å². The van der Waals surface area contributed by atoms with Crippen LogP contribution < -0.4 is 25.5 Å². The van der Waals surface area contributed by atoms with Crippen molar-refractivity contribution in [3.05, 3.63) is 77.9 Å². The number of aromatic hydroxyl groups is 1. The minimum Gasteiger partial charge on any atom is -0.504 e. The second-order valence-electron chi connectivity index (χ2n) is 7.01. The van der Waals surface area contributed by atoms with Crippen LogP contribution in [0.2, 0.25) is 0 Å². The summed E-state index contributed by atoms with van der Waals surface area (Å²) < 4.78 is 10.4.